The molecular weight excluding hydrogens is 105 g/mol. The third kappa shape index (κ3) is 0.687. The first-order valence-electron chi connectivity index (χ1n) is 2.41. The maximum absolute atomic E-state index is 10.3. The number of aliphatic hydroxyl groups excluding tert-OH is 1. The molecule has 0 aromatic carbocycles. The zero-order valence-electron chi connectivity index (χ0n) is 4.51. The summed E-state index contributed by atoms with van der Waals surface area (Å²) < 4.78 is 0. The van der Waals surface area contributed by atoms with E-state index in [2.05, 4.69) is 5.32 Å². The van der Waals surface area contributed by atoms with Crippen LogP contribution in [0, 0.1) is 0 Å². The van der Waals surface area contributed by atoms with Gasteiger partial charge in [0.15, 0.2) is 0 Å². The van der Waals surface area contributed by atoms with Crippen molar-refractivity contribution in [2.45, 2.75) is 5.94 Å². The third-order valence-corrected chi connectivity index (χ3v) is 1.08. The van der Waals surface area contributed by atoms with E-state index in [-0.39, 0.29) is 17.6 Å². The lowest BCUT2D eigenvalue weighted by atomic mass is 9.97. The Morgan fingerprint density at radius 2 is 2.50 bits per heavy atom. The van der Waals surface area contributed by atoms with Crippen molar-refractivity contribution in [3.8, 4) is 0 Å². The van der Waals surface area contributed by atoms with Gasteiger partial charge in [-0.05, 0) is 0 Å². The summed E-state index contributed by atoms with van der Waals surface area (Å²) >= 11 is 0. The molecule has 42 valence electrons. The lowest BCUT2D eigenvalue weighted by molar-refractivity contribution is -0.115. The summed E-state index contributed by atoms with van der Waals surface area (Å²) in [7, 11) is 1.72. The Morgan fingerprint density at radius 3 is 2.62 bits per heavy atom. The molecule has 0 saturated heterocycles. The fourth-order valence-corrected chi connectivity index (χ4v) is 0.588. The molecule has 1 atom stereocenters. The minimum absolute atomic E-state index is 0.120. The van der Waals surface area contributed by atoms with E-state index in [1.807, 2.05) is 0 Å². The normalized spacial score (nSPS) is 27.2. The number of carbonyl (C=O) groups excluding carboxylic acids is 1. The van der Waals surface area contributed by atoms with E-state index in [1.54, 1.807) is 7.85 Å². The summed E-state index contributed by atoms with van der Waals surface area (Å²) in [5.41, 5.74) is 0. The Labute approximate surface area is 47.8 Å². The van der Waals surface area contributed by atoms with Gasteiger partial charge in [-0.1, -0.05) is 0 Å². The Kier molecular flexibility index (Phi) is 1.01. The van der Waals surface area contributed by atoms with Crippen LogP contribution in [0.4, 0.5) is 0 Å². The summed E-state index contributed by atoms with van der Waals surface area (Å²) in [6, 6.07) is 0. The van der Waals surface area contributed by atoms with Gasteiger partial charge >= 0.3 is 0 Å². The minimum Gasteiger partial charge on any atom is -0.511 e. The molecule has 4 heteroatoms. The van der Waals surface area contributed by atoms with Crippen LogP contribution in [0.2, 0.25) is 0 Å². The van der Waals surface area contributed by atoms with E-state index >= 15 is 0 Å². The van der Waals surface area contributed by atoms with Gasteiger partial charge in [-0.2, -0.15) is 0 Å². The maximum Gasteiger partial charge on any atom is 0.247 e. The average molecular weight is 111 g/mol. The fraction of sp³-hybridized carbons (Fsp3) is 0.250. The molecule has 1 aliphatic rings. The van der Waals surface area contributed by atoms with E-state index in [0.717, 1.165) is 0 Å². The van der Waals surface area contributed by atoms with Gasteiger partial charge in [0, 0.05) is 6.08 Å². The molecule has 0 aromatic rings. The number of nitrogens with one attached hydrogen (secondary N) is 1. The van der Waals surface area contributed by atoms with Crippen LogP contribution < -0.4 is 5.32 Å². The van der Waals surface area contributed by atoms with E-state index in [0.29, 0.717) is 0 Å². The zero-order chi connectivity index (χ0) is 6.15. The number of aliphatic hydroxyl groups is 1. The molecule has 0 aromatic heterocycles. The molecule has 2 N–H and O–H groups in total. The molecule has 1 unspecified atom stereocenters. The Morgan fingerprint density at radius 1 is 1.88 bits per heavy atom. The van der Waals surface area contributed by atoms with E-state index in [1.165, 1.54) is 6.08 Å². The van der Waals surface area contributed by atoms with Crippen molar-refractivity contribution in [3.05, 3.63) is 11.8 Å². The highest BCUT2D eigenvalue weighted by atomic mass is 16.3. The second-order valence-corrected chi connectivity index (χ2v) is 1.80. The highest BCUT2D eigenvalue weighted by Crippen LogP contribution is 1.99. The van der Waals surface area contributed by atoms with Crippen molar-refractivity contribution in [2.75, 3.05) is 0 Å². The van der Waals surface area contributed by atoms with E-state index in [4.69, 9.17) is 5.11 Å². The van der Waals surface area contributed by atoms with E-state index < -0.39 is 0 Å². The smallest absolute Gasteiger partial charge is 0.247 e. The van der Waals surface area contributed by atoms with Crippen molar-refractivity contribution in [2.24, 2.45) is 0 Å². The van der Waals surface area contributed by atoms with Crippen LogP contribution in [0.3, 0.4) is 0 Å². The van der Waals surface area contributed by atoms with Crippen LogP contribution >= 0.6 is 0 Å². The molecule has 0 spiro atoms. The van der Waals surface area contributed by atoms with Gasteiger partial charge in [0.2, 0.25) is 5.91 Å². The summed E-state index contributed by atoms with van der Waals surface area (Å²) in [6.45, 7) is 0. The van der Waals surface area contributed by atoms with Crippen LogP contribution in [0.5, 0.6) is 0 Å². The second kappa shape index (κ2) is 1.54. The van der Waals surface area contributed by atoms with Gasteiger partial charge in [0.25, 0.3) is 0 Å². The molecule has 1 amide bonds. The van der Waals surface area contributed by atoms with Crippen molar-refractivity contribution in [1.29, 1.82) is 0 Å². The summed E-state index contributed by atoms with van der Waals surface area (Å²) in [4.78, 5) is 10.3. The van der Waals surface area contributed by atoms with Gasteiger partial charge in [0.1, 0.15) is 13.6 Å². The Balaban J connectivity index is 2.73. The van der Waals surface area contributed by atoms with Crippen LogP contribution in [0.25, 0.3) is 0 Å². The molecule has 1 rings (SSSR count). The molecule has 3 nitrogen and oxygen atoms in total. The largest absolute Gasteiger partial charge is 0.511 e. The van der Waals surface area contributed by atoms with Gasteiger partial charge in [-0.15, -0.1) is 0 Å². The highest BCUT2D eigenvalue weighted by Gasteiger charge is 2.16. The molecule has 8 heavy (non-hydrogen) atoms. The molecule has 0 radical (unpaired) electrons. The number of carbonyl (C=O) groups is 1. The first kappa shape index (κ1) is 5.22. The maximum atomic E-state index is 10.3. The minimum atomic E-state index is -0.213. The van der Waals surface area contributed by atoms with Gasteiger partial charge in [-0.3, -0.25) is 4.79 Å². The Bertz CT molecular complexity index is 154. The molecule has 1 heterocycles. The lowest BCUT2D eigenvalue weighted by Gasteiger charge is -2.00. The number of hydrogen-bond donors (Lipinski definition) is 2. The van der Waals surface area contributed by atoms with Gasteiger partial charge in [-0.25, -0.2) is 0 Å². The second-order valence-electron chi connectivity index (χ2n) is 1.80. The Hall–Kier alpha value is -0.925. The molecule has 0 aliphatic carbocycles. The molecule has 0 fully saturated rings. The first-order chi connectivity index (χ1) is 3.70. The van der Waals surface area contributed by atoms with Crippen molar-refractivity contribution >= 4 is 13.8 Å². The average Bonchev–Trinajstić information content (AvgIpc) is 1.85. The number of amides is 1. The highest BCUT2D eigenvalue weighted by molar-refractivity contribution is 6.17. The van der Waals surface area contributed by atoms with E-state index in [9.17, 15) is 4.79 Å². The number of hydrogen-bond acceptors (Lipinski definition) is 2. The van der Waals surface area contributed by atoms with Crippen LogP contribution in [-0.4, -0.2) is 24.8 Å². The monoisotopic (exact) mass is 111 g/mol. The first-order valence-corrected chi connectivity index (χ1v) is 2.41. The van der Waals surface area contributed by atoms with Gasteiger partial charge in [0.05, 0.1) is 5.94 Å². The SMILES string of the molecule is BC1NC(=O)C=C1O. The standard InChI is InChI=1S/C4H6BNO2/c5-4-2(7)1-3(8)6-4/h1,4,7H,5H2,(H,6,8). The summed E-state index contributed by atoms with van der Waals surface area (Å²) in [6.07, 6.45) is 1.19. The third-order valence-electron chi connectivity index (χ3n) is 1.08. The van der Waals surface area contributed by atoms with Crippen molar-refractivity contribution in [3.63, 3.8) is 0 Å². The number of rotatable bonds is 0. The molecule has 0 bridgehead atoms. The van der Waals surface area contributed by atoms with Crippen LogP contribution in [-0.2, 0) is 4.79 Å². The van der Waals surface area contributed by atoms with Crippen LogP contribution in [0.1, 0.15) is 0 Å². The quantitative estimate of drug-likeness (QED) is 0.374. The van der Waals surface area contributed by atoms with Crippen molar-refractivity contribution in [1.82, 2.24) is 5.32 Å². The van der Waals surface area contributed by atoms with Crippen LogP contribution in [0.15, 0.2) is 11.8 Å². The lowest BCUT2D eigenvalue weighted by Crippen LogP contribution is -2.28. The fourth-order valence-electron chi connectivity index (χ4n) is 0.588. The van der Waals surface area contributed by atoms with Crippen molar-refractivity contribution < 1.29 is 9.90 Å². The summed E-state index contributed by atoms with van der Waals surface area (Å²) in [5, 5.41) is 11.2. The summed E-state index contributed by atoms with van der Waals surface area (Å²) in [5.74, 6) is -0.285. The molecule has 0 saturated carbocycles. The predicted molar refractivity (Wildman–Crippen MR) is 31.2 cm³/mol. The topological polar surface area (TPSA) is 49.3 Å². The molecular formula is C4H6BNO2. The molecule has 1 aliphatic heterocycles. The van der Waals surface area contributed by atoms with Gasteiger partial charge < -0.3 is 10.4 Å². The zero-order valence-corrected chi connectivity index (χ0v) is 4.51. The predicted octanol–water partition coefficient (Wildman–Crippen LogP) is -1.48.